The van der Waals surface area contributed by atoms with Crippen LogP contribution in [0.4, 0.5) is 17.3 Å². The Hall–Kier alpha value is -2.03. The van der Waals surface area contributed by atoms with Gasteiger partial charge in [-0.3, -0.25) is 0 Å². The molecule has 2 rings (SSSR count). The van der Waals surface area contributed by atoms with Crippen molar-refractivity contribution in [2.75, 3.05) is 17.2 Å². The van der Waals surface area contributed by atoms with Crippen LogP contribution in [0, 0.1) is 0 Å². The summed E-state index contributed by atoms with van der Waals surface area (Å²) in [6.45, 7) is 5.32. The molecule has 0 radical (unpaired) electrons. The van der Waals surface area contributed by atoms with Crippen LogP contribution in [0.1, 0.15) is 38.7 Å². The van der Waals surface area contributed by atoms with E-state index < -0.39 is 0 Å². The van der Waals surface area contributed by atoms with E-state index in [0.29, 0.717) is 0 Å². The zero-order valence-corrected chi connectivity index (χ0v) is 13.0. The summed E-state index contributed by atoms with van der Waals surface area (Å²) >= 11 is 0. The molecule has 21 heavy (non-hydrogen) atoms. The van der Waals surface area contributed by atoms with Crippen molar-refractivity contribution in [2.45, 2.75) is 39.5 Å². The van der Waals surface area contributed by atoms with Crippen LogP contribution in [-0.4, -0.2) is 11.5 Å². The molecule has 0 unspecified atom stereocenters. The van der Waals surface area contributed by atoms with Crippen LogP contribution in [0.25, 0.3) is 0 Å². The topological polar surface area (TPSA) is 37.0 Å². The van der Waals surface area contributed by atoms with Crippen LogP contribution in [0.2, 0.25) is 0 Å². The summed E-state index contributed by atoms with van der Waals surface area (Å²) in [6, 6.07) is 14.6. The summed E-state index contributed by atoms with van der Waals surface area (Å²) in [4.78, 5) is 4.56. The molecule has 1 aromatic carbocycles. The maximum Gasteiger partial charge on any atom is 0.132 e. The molecule has 0 aliphatic rings. The third-order valence-electron chi connectivity index (χ3n) is 3.35. The van der Waals surface area contributed by atoms with E-state index in [0.717, 1.165) is 36.7 Å². The molecule has 0 spiro atoms. The van der Waals surface area contributed by atoms with E-state index in [9.17, 15) is 0 Å². The smallest absolute Gasteiger partial charge is 0.132 e. The highest BCUT2D eigenvalue weighted by Gasteiger charge is 1.99. The average molecular weight is 283 g/mol. The summed E-state index contributed by atoms with van der Waals surface area (Å²) in [5, 5.41) is 6.65. The van der Waals surface area contributed by atoms with Crippen LogP contribution in [0.15, 0.2) is 42.5 Å². The van der Waals surface area contributed by atoms with Gasteiger partial charge in [-0.25, -0.2) is 4.98 Å². The van der Waals surface area contributed by atoms with Crippen LogP contribution in [0.5, 0.6) is 0 Å². The van der Waals surface area contributed by atoms with Crippen molar-refractivity contribution >= 4 is 17.3 Å². The average Bonchev–Trinajstić information content (AvgIpc) is 2.53. The Kier molecular flexibility index (Phi) is 6.07. The van der Waals surface area contributed by atoms with Crippen LogP contribution >= 0.6 is 0 Å². The number of hydrogen-bond donors (Lipinski definition) is 2. The molecule has 0 aliphatic carbocycles. The number of aromatic nitrogens is 1. The van der Waals surface area contributed by atoms with Gasteiger partial charge in [-0.2, -0.15) is 0 Å². The molecule has 0 amide bonds. The van der Waals surface area contributed by atoms with E-state index >= 15 is 0 Å². The fourth-order valence-electron chi connectivity index (χ4n) is 2.14. The maximum atomic E-state index is 4.56. The number of pyridine rings is 1. The standard InChI is InChI=1S/C18H25N3/c1-3-5-7-15-10-12-16(13-11-15)20-18-9-6-8-17(21-18)19-14-4-2/h6,8-13H,3-5,7,14H2,1-2H3,(H2,19,20,21). The van der Waals surface area contributed by atoms with E-state index in [-0.39, 0.29) is 0 Å². The predicted octanol–water partition coefficient (Wildman–Crippen LogP) is 4.99. The second-order valence-corrected chi connectivity index (χ2v) is 5.26. The lowest BCUT2D eigenvalue weighted by Crippen LogP contribution is -2.03. The van der Waals surface area contributed by atoms with E-state index in [1.807, 2.05) is 18.2 Å². The molecule has 2 aromatic rings. The van der Waals surface area contributed by atoms with Crippen molar-refractivity contribution in [3.05, 3.63) is 48.0 Å². The molecule has 3 nitrogen and oxygen atoms in total. The first-order chi connectivity index (χ1) is 10.3. The lowest BCUT2D eigenvalue weighted by atomic mass is 10.1. The van der Waals surface area contributed by atoms with Crippen molar-refractivity contribution in [3.63, 3.8) is 0 Å². The lowest BCUT2D eigenvalue weighted by molar-refractivity contribution is 0.795. The Bertz CT molecular complexity index is 534. The van der Waals surface area contributed by atoms with Crippen LogP contribution in [-0.2, 0) is 6.42 Å². The summed E-state index contributed by atoms with van der Waals surface area (Å²) in [5.41, 5.74) is 2.48. The van der Waals surface area contributed by atoms with Gasteiger partial charge in [0.2, 0.25) is 0 Å². The minimum absolute atomic E-state index is 0.873. The Morgan fingerprint density at radius 2 is 1.67 bits per heavy atom. The highest BCUT2D eigenvalue weighted by Crippen LogP contribution is 2.17. The van der Waals surface area contributed by atoms with Crippen molar-refractivity contribution in [3.8, 4) is 0 Å². The Labute approximate surface area is 127 Å². The minimum Gasteiger partial charge on any atom is -0.370 e. The maximum absolute atomic E-state index is 4.56. The normalized spacial score (nSPS) is 10.4. The van der Waals surface area contributed by atoms with Crippen molar-refractivity contribution in [1.29, 1.82) is 0 Å². The minimum atomic E-state index is 0.873. The van der Waals surface area contributed by atoms with E-state index in [1.165, 1.54) is 18.4 Å². The number of hydrogen-bond acceptors (Lipinski definition) is 3. The highest BCUT2D eigenvalue weighted by atomic mass is 15.1. The molecule has 1 heterocycles. The largest absolute Gasteiger partial charge is 0.370 e. The fourth-order valence-corrected chi connectivity index (χ4v) is 2.14. The van der Waals surface area contributed by atoms with Gasteiger partial charge in [0.25, 0.3) is 0 Å². The Morgan fingerprint density at radius 1 is 0.905 bits per heavy atom. The number of rotatable bonds is 8. The first-order valence-electron chi connectivity index (χ1n) is 7.88. The van der Waals surface area contributed by atoms with Crippen molar-refractivity contribution in [2.24, 2.45) is 0 Å². The van der Waals surface area contributed by atoms with Gasteiger partial charge in [0.05, 0.1) is 0 Å². The molecule has 2 N–H and O–H groups in total. The molecule has 0 fully saturated rings. The number of anilines is 3. The molecule has 112 valence electrons. The Morgan fingerprint density at radius 3 is 2.38 bits per heavy atom. The molecule has 0 saturated carbocycles. The lowest BCUT2D eigenvalue weighted by Gasteiger charge is -2.09. The van der Waals surface area contributed by atoms with Gasteiger partial charge >= 0.3 is 0 Å². The van der Waals surface area contributed by atoms with E-state index in [2.05, 4.69) is 53.7 Å². The number of nitrogens with one attached hydrogen (secondary N) is 2. The number of aryl methyl sites for hydroxylation is 1. The zero-order chi connectivity index (χ0) is 14.9. The molecular weight excluding hydrogens is 258 g/mol. The van der Waals surface area contributed by atoms with Crippen LogP contribution < -0.4 is 10.6 Å². The first-order valence-corrected chi connectivity index (χ1v) is 7.88. The van der Waals surface area contributed by atoms with Gasteiger partial charge in [-0.1, -0.05) is 38.5 Å². The monoisotopic (exact) mass is 283 g/mol. The van der Waals surface area contributed by atoms with Crippen LogP contribution in [0.3, 0.4) is 0 Å². The van der Waals surface area contributed by atoms with E-state index in [1.54, 1.807) is 0 Å². The second kappa shape index (κ2) is 8.30. The van der Waals surface area contributed by atoms with Gasteiger partial charge in [0.1, 0.15) is 11.6 Å². The van der Waals surface area contributed by atoms with E-state index in [4.69, 9.17) is 0 Å². The molecule has 0 aliphatic heterocycles. The molecular formula is C18H25N3. The summed E-state index contributed by atoms with van der Waals surface area (Å²) in [6.07, 6.45) is 4.74. The third-order valence-corrected chi connectivity index (χ3v) is 3.35. The Balaban J connectivity index is 1.97. The number of unbranched alkanes of at least 4 members (excludes halogenated alkanes) is 1. The second-order valence-electron chi connectivity index (χ2n) is 5.26. The van der Waals surface area contributed by atoms with Gasteiger partial charge in [0.15, 0.2) is 0 Å². The number of nitrogens with zero attached hydrogens (tertiary/aromatic N) is 1. The summed E-state index contributed by atoms with van der Waals surface area (Å²) in [5.74, 6) is 1.79. The fraction of sp³-hybridized carbons (Fsp3) is 0.389. The first kappa shape index (κ1) is 15.4. The molecule has 3 heteroatoms. The molecule has 1 aromatic heterocycles. The zero-order valence-electron chi connectivity index (χ0n) is 13.0. The van der Waals surface area contributed by atoms with Gasteiger partial charge in [-0.15, -0.1) is 0 Å². The van der Waals surface area contributed by atoms with Gasteiger partial charge in [-0.05, 0) is 49.1 Å². The predicted molar refractivity (Wildman–Crippen MR) is 91.4 cm³/mol. The highest BCUT2D eigenvalue weighted by molar-refractivity contribution is 5.58. The number of benzene rings is 1. The third kappa shape index (κ3) is 5.10. The quantitative estimate of drug-likeness (QED) is 0.716. The summed E-state index contributed by atoms with van der Waals surface area (Å²) < 4.78 is 0. The SMILES string of the molecule is CCCCc1ccc(Nc2cccc(NCCC)n2)cc1. The molecule has 0 bridgehead atoms. The van der Waals surface area contributed by atoms with Gasteiger partial charge < -0.3 is 10.6 Å². The van der Waals surface area contributed by atoms with Crippen molar-refractivity contribution in [1.82, 2.24) is 4.98 Å². The molecule has 0 saturated heterocycles. The van der Waals surface area contributed by atoms with Crippen molar-refractivity contribution < 1.29 is 0 Å². The van der Waals surface area contributed by atoms with Gasteiger partial charge in [0, 0.05) is 12.2 Å². The molecule has 0 atom stereocenters. The summed E-state index contributed by atoms with van der Waals surface area (Å²) in [7, 11) is 0.